The summed E-state index contributed by atoms with van der Waals surface area (Å²) in [6.45, 7) is 0.931. The number of hydrogen-bond donors (Lipinski definition) is 3. The van der Waals surface area contributed by atoms with Gasteiger partial charge < -0.3 is 20.1 Å². The third-order valence-electron chi connectivity index (χ3n) is 4.40. The van der Waals surface area contributed by atoms with Crippen molar-refractivity contribution in [2.45, 2.75) is 42.1 Å². The zero-order valence-corrected chi connectivity index (χ0v) is 18.4. The average molecular weight is 487 g/mol. The van der Waals surface area contributed by atoms with Crippen LogP contribution in [-0.2, 0) is 11.3 Å². The minimum Gasteiger partial charge on any atom is -0.394 e. The Kier molecular flexibility index (Phi) is 8.51. The highest BCUT2D eigenvalue weighted by Crippen LogP contribution is 2.30. The maximum absolute atomic E-state index is 13.5. The fourth-order valence-electron chi connectivity index (χ4n) is 2.72. The van der Waals surface area contributed by atoms with Gasteiger partial charge in [-0.1, -0.05) is 28.6 Å². The van der Waals surface area contributed by atoms with E-state index in [9.17, 15) is 24.1 Å². The van der Waals surface area contributed by atoms with Crippen molar-refractivity contribution in [1.29, 1.82) is 0 Å². The third-order valence-corrected chi connectivity index (χ3v) is 5.76. The largest absolute Gasteiger partial charge is 0.394 e. The summed E-state index contributed by atoms with van der Waals surface area (Å²) in [7, 11) is 0. The number of aromatic nitrogens is 4. The van der Waals surface area contributed by atoms with Crippen LogP contribution in [0.4, 0.5) is 8.78 Å². The van der Waals surface area contributed by atoms with Crippen LogP contribution in [0.5, 0.6) is 0 Å². The second-order valence-electron chi connectivity index (χ2n) is 6.94. The van der Waals surface area contributed by atoms with E-state index >= 15 is 0 Å². The fourth-order valence-corrected chi connectivity index (χ4v) is 3.99. The number of benzene rings is 1. The summed E-state index contributed by atoms with van der Waals surface area (Å²) >= 11 is 7.08. The first-order valence-corrected chi connectivity index (χ1v) is 10.8. The number of halogens is 3. The Morgan fingerprint density at radius 3 is 2.62 bits per heavy atom. The number of aliphatic hydroxyl groups excluding tert-OH is 3. The Hall–Kier alpha value is -2.15. The number of aliphatic hydroxyl groups is 3. The molecule has 2 aromatic heterocycles. The normalized spacial score (nSPS) is 15.3. The molecule has 0 fully saturated rings. The van der Waals surface area contributed by atoms with Crippen LogP contribution < -0.4 is 0 Å². The monoisotopic (exact) mass is 486 g/mol. The van der Waals surface area contributed by atoms with E-state index in [1.165, 1.54) is 36.3 Å². The van der Waals surface area contributed by atoms with Crippen LogP contribution in [-0.4, -0.2) is 65.7 Å². The summed E-state index contributed by atoms with van der Waals surface area (Å²) in [5.41, 5.74) is -0.318. The van der Waals surface area contributed by atoms with Gasteiger partial charge >= 0.3 is 0 Å². The summed E-state index contributed by atoms with van der Waals surface area (Å²) < 4.78 is 33.7. The highest BCUT2D eigenvalue weighted by molar-refractivity contribution is 7.99. The van der Waals surface area contributed by atoms with E-state index in [0.29, 0.717) is 15.5 Å². The Balaban J connectivity index is 1.77. The quantitative estimate of drug-likeness (QED) is 0.296. The second-order valence-corrected chi connectivity index (χ2v) is 8.55. The van der Waals surface area contributed by atoms with Crippen molar-refractivity contribution in [1.82, 2.24) is 20.0 Å². The molecule has 0 bridgehead atoms. The smallest absolute Gasteiger partial charge is 0.159 e. The number of nitrogens with zero attached hydrogens (tertiary/aromatic N) is 4. The predicted octanol–water partition coefficient (Wildman–Crippen LogP) is 2.51. The Bertz CT molecular complexity index is 1040. The van der Waals surface area contributed by atoms with Gasteiger partial charge in [0, 0.05) is 22.9 Å². The van der Waals surface area contributed by atoms with Crippen molar-refractivity contribution < 1.29 is 28.8 Å². The Morgan fingerprint density at radius 2 is 1.97 bits per heavy atom. The lowest BCUT2D eigenvalue weighted by Crippen LogP contribution is -2.39. The number of pyridine rings is 1. The molecule has 2 heterocycles. The van der Waals surface area contributed by atoms with E-state index in [4.69, 9.17) is 16.3 Å². The van der Waals surface area contributed by atoms with Crippen LogP contribution in [0.15, 0.2) is 47.8 Å². The van der Waals surface area contributed by atoms with Crippen LogP contribution in [0.25, 0.3) is 11.3 Å². The van der Waals surface area contributed by atoms with Crippen LogP contribution in [0.3, 0.4) is 0 Å². The van der Waals surface area contributed by atoms with Gasteiger partial charge in [-0.2, -0.15) is 0 Å². The number of thioether (sulfide) groups is 1. The van der Waals surface area contributed by atoms with Crippen LogP contribution in [0.2, 0.25) is 5.02 Å². The molecule has 0 aliphatic carbocycles. The SMILES string of the molecule is C[C@@H](O)C(CO)OC(Sc1cncc(Cl)c1)[C@@H](O)Cn1cc(-c2ccc(F)c(F)c2)nn1. The number of hydrogen-bond acceptors (Lipinski definition) is 8. The molecule has 172 valence electrons. The highest BCUT2D eigenvalue weighted by atomic mass is 35.5. The second kappa shape index (κ2) is 11.1. The van der Waals surface area contributed by atoms with Gasteiger partial charge in [-0.05, 0) is 31.2 Å². The molecular weight excluding hydrogens is 466 g/mol. The number of ether oxygens (including phenoxy) is 1. The molecule has 2 unspecified atom stereocenters. The minimum absolute atomic E-state index is 0.0692. The van der Waals surface area contributed by atoms with Crippen molar-refractivity contribution in [3.63, 3.8) is 0 Å². The molecule has 0 aliphatic rings. The summed E-state index contributed by atoms with van der Waals surface area (Å²) in [5, 5.41) is 38.4. The highest BCUT2D eigenvalue weighted by Gasteiger charge is 2.28. The van der Waals surface area contributed by atoms with Gasteiger partial charge in [0.2, 0.25) is 0 Å². The standard InChI is InChI=1S/C20H21ClF2N4O4S/c1-11(29)19(10-28)31-20(32-14-5-13(21)6-24-7-14)18(30)9-27-8-17(25-26-27)12-2-3-15(22)16(23)4-12/h2-8,11,18-20,28-30H,9-10H2,1H3/t11-,18+,19?,20?/m1/s1. The summed E-state index contributed by atoms with van der Waals surface area (Å²) in [6.07, 6.45) is 1.37. The summed E-state index contributed by atoms with van der Waals surface area (Å²) in [6, 6.07) is 4.99. The van der Waals surface area contributed by atoms with E-state index in [1.807, 2.05) is 0 Å². The van der Waals surface area contributed by atoms with E-state index in [-0.39, 0.29) is 12.2 Å². The molecule has 3 aromatic rings. The van der Waals surface area contributed by atoms with Crippen LogP contribution >= 0.6 is 23.4 Å². The molecule has 0 spiro atoms. The van der Waals surface area contributed by atoms with Gasteiger partial charge in [0.15, 0.2) is 11.6 Å². The van der Waals surface area contributed by atoms with Gasteiger partial charge in [0.1, 0.15) is 23.3 Å². The molecule has 1 aromatic carbocycles. The van der Waals surface area contributed by atoms with Crippen molar-refractivity contribution in [3.05, 3.63) is 59.5 Å². The van der Waals surface area contributed by atoms with Crippen LogP contribution in [0.1, 0.15) is 6.92 Å². The predicted molar refractivity (Wildman–Crippen MR) is 114 cm³/mol. The topological polar surface area (TPSA) is 114 Å². The van der Waals surface area contributed by atoms with Crippen molar-refractivity contribution >= 4 is 23.4 Å². The minimum atomic E-state index is -1.16. The molecule has 3 N–H and O–H groups in total. The van der Waals surface area contributed by atoms with Crippen molar-refractivity contribution in [3.8, 4) is 11.3 Å². The van der Waals surface area contributed by atoms with Gasteiger partial charge in [-0.15, -0.1) is 5.10 Å². The first-order valence-electron chi connectivity index (χ1n) is 9.52. The maximum atomic E-state index is 13.5. The van der Waals surface area contributed by atoms with Gasteiger partial charge in [-0.25, -0.2) is 13.5 Å². The molecule has 0 saturated carbocycles. The summed E-state index contributed by atoms with van der Waals surface area (Å²) in [4.78, 5) is 4.59. The lowest BCUT2D eigenvalue weighted by Gasteiger charge is -2.28. The van der Waals surface area contributed by atoms with E-state index in [1.54, 1.807) is 6.07 Å². The zero-order chi connectivity index (χ0) is 23.3. The van der Waals surface area contributed by atoms with Crippen molar-refractivity contribution in [2.75, 3.05) is 6.61 Å². The van der Waals surface area contributed by atoms with Crippen molar-refractivity contribution in [2.24, 2.45) is 0 Å². The maximum Gasteiger partial charge on any atom is 0.159 e. The Morgan fingerprint density at radius 1 is 1.19 bits per heavy atom. The molecule has 32 heavy (non-hydrogen) atoms. The van der Waals surface area contributed by atoms with E-state index in [2.05, 4.69) is 15.3 Å². The molecule has 4 atom stereocenters. The molecule has 0 saturated heterocycles. The van der Waals surface area contributed by atoms with E-state index < -0.39 is 42.0 Å². The average Bonchev–Trinajstić information content (AvgIpc) is 3.21. The first kappa shape index (κ1) is 24.5. The van der Waals surface area contributed by atoms with Crippen LogP contribution in [0, 0.1) is 11.6 Å². The lowest BCUT2D eigenvalue weighted by atomic mass is 10.1. The Labute approximate surface area is 191 Å². The molecule has 0 aliphatic heterocycles. The third kappa shape index (κ3) is 6.44. The molecule has 0 amide bonds. The molecule has 3 rings (SSSR count). The van der Waals surface area contributed by atoms with Gasteiger partial charge in [-0.3, -0.25) is 4.98 Å². The zero-order valence-electron chi connectivity index (χ0n) is 16.8. The van der Waals surface area contributed by atoms with E-state index in [0.717, 1.165) is 23.9 Å². The summed E-state index contributed by atoms with van der Waals surface area (Å²) in [5.74, 6) is -1.98. The fraction of sp³-hybridized carbons (Fsp3) is 0.350. The molecule has 8 nitrogen and oxygen atoms in total. The van der Waals surface area contributed by atoms with Gasteiger partial charge in [0.25, 0.3) is 0 Å². The van der Waals surface area contributed by atoms with Gasteiger partial charge in [0.05, 0.1) is 30.5 Å². The molecular formula is C20H21ClF2N4O4S. The number of rotatable bonds is 10. The molecule has 0 radical (unpaired) electrons. The molecule has 12 heteroatoms. The first-order chi connectivity index (χ1) is 15.3. The lowest BCUT2D eigenvalue weighted by molar-refractivity contribution is -0.0972.